The minimum atomic E-state index is -4.31. The topological polar surface area (TPSA) is 35.9 Å². The molecule has 0 saturated carbocycles. The summed E-state index contributed by atoms with van der Waals surface area (Å²) in [5.41, 5.74) is 2.59. The molecule has 0 bridgehead atoms. The summed E-state index contributed by atoms with van der Waals surface area (Å²) < 4.78 is 39.0. The fraction of sp³-hybridized carbons (Fsp3) is 0.385. The van der Waals surface area contributed by atoms with Crippen LogP contribution in [0, 0.1) is 5.92 Å². The minimum absolute atomic E-state index is 0.338. The largest absolute Gasteiger partial charge is 0.416 e. The normalized spacial score (nSPS) is 16.0. The zero-order chi connectivity index (χ0) is 24.9. The number of aldehydes is 1. The Morgan fingerprint density at radius 2 is 1.88 bits per heavy atom. The number of piperidine rings is 1. The number of anilines is 2. The maximum atomic E-state index is 13.0. The van der Waals surface area contributed by atoms with Crippen molar-refractivity contribution in [3.63, 3.8) is 0 Å². The van der Waals surface area contributed by atoms with Crippen LogP contribution in [-0.4, -0.2) is 32.3 Å². The Hall–Kier alpha value is -2.80. The first-order valence-corrected chi connectivity index (χ1v) is 11.6. The average molecular weight is 492 g/mol. The molecule has 8 heteroatoms. The van der Waals surface area contributed by atoms with Crippen LogP contribution in [0.4, 0.5) is 24.5 Å². The molecule has 0 amide bonds. The van der Waals surface area contributed by atoms with Crippen molar-refractivity contribution in [3.8, 4) is 0 Å². The lowest BCUT2D eigenvalue weighted by atomic mass is 9.89. The molecule has 0 aromatic heterocycles. The summed E-state index contributed by atoms with van der Waals surface area (Å²) in [4.78, 5) is 19.1. The number of carbonyl (C=O) groups is 1. The van der Waals surface area contributed by atoms with Gasteiger partial charge in [0.1, 0.15) is 12.1 Å². The quantitative estimate of drug-likeness (QED) is 0.193. The molecule has 0 radical (unpaired) electrons. The molecule has 2 aromatic rings. The summed E-state index contributed by atoms with van der Waals surface area (Å²) in [5, 5.41) is 0.633. The summed E-state index contributed by atoms with van der Waals surface area (Å²) >= 11 is 6.62. The SMILES string of the molecule is CC(=C/C=O)/N=C(/C)N(C)c1ccc(N2CCC(Cc3cccc(C(F)(F)F)c3)CC2)c(Cl)c1. The molecule has 0 aliphatic carbocycles. The van der Waals surface area contributed by atoms with Crippen LogP contribution in [0.25, 0.3) is 0 Å². The Kier molecular flexibility index (Phi) is 8.42. The van der Waals surface area contributed by atoms with E-state index in [4.69, 9.17) is 11.6 Å². The van der Waals surface area contributed by atoms with E-state index in [0.29, 0.717) is 29.3 Å². The first-order chi connectivity index (χ1) is 16.1. The Morgan fingerprint density at radius 1 is 1.18 bits per heavy atom. The van der Waals surface area contributed by atoms with E-state index in [9.17, 15) is 18.0 Å². The molecule has 1 aliphatic rings. The summed E-state index contributed by atoms with van der Waals surface area (Å²) in [6, 6.07) is 11.5. The highest BCUT2D eigenvalue weighted by Gasteiger charge is 2.30. The van der Waals surface area contributed by atoms with Gasteiger partial charge in [-0.05, 0) is 74.9 Å². The summed E-state index contributed by atoms with van der Waals surface area (Å²) in [6.45, 7) is 5.22. The van der Waals surface area contributed by atoms with Crippen LogP contribution >= 0.6 is 11.6 Å². The highest BCUT2D eigenvalue weighted by Crippen LogP contribution is 2.34. The van der Waals surface area contributed by atoms with E-state index < -0.39 is 11.7 Å². The molecule has 1 heterocycles. The lowest BCUT2D eigenvalue weighted by molar-refractivity contribution is -0.137. The molecular weight excluding hydrogens is 463 g/mol. The number of nitrogens with zero attached hydrogens (tertiary/aromatic N) is 3. The van der Waals surface area contributed by atoms with Crippen molar-refractivity contribution < 1.29 is 18.0 Å². The Balaban J connectivity index is 1.62. The van der Waals surface area contributed by atoms with Gasteiger partial charge in [-0.3, -0.25) is 4.79 Å². The number of halogens is 4. The number of hydrogen-bond acceptors (Lipinski definition) is 3. The van der Waals surface area contributed by atoms with E-state index in [1.54, 1.807) is 13.0 Å². The number of amidine groups is 1. The van der Waals surface area contributed by atoms with Gasteiger partial charge in [-0.25, -0.2) is 4.99 Å². The van der Waals surface area contributed by atoms with Gasteiger partial charge in [0.05, 0.1) is 16.3 Å². The lowest BCUT2D eigenvalue weighted by Crippen LogP contribution is -2.34. The van der Waals surface area contributed by atoms with E-state index in [-0.39, 0.29) is 0 Å². The number of benzene rings is 2. The van der Waals surface area contributed by atoms with Crippen molar-refractivity contribution >= 4 is 35.1 Å². The van der Waals surface area contributed by atoms with E-state index in [2.05, 4.69) is 9.89 Å². The summed E-state index contributed by atoms with van der Waals surface area (Å²) in [7, 11) is 1.89. The number of rotatable bonds is 6. The predicted molar refractivity (Wildman–Crippen MR) is 133 cm³/mol. The third kappa shape index (κ3) is 6.63. The molecular formula is C26H29ClF3N3O. The van der Waals surface area contributed by atoms with Crippen molar-refractivity contribution in [2.24, 2.45) is 10.9 Å². The Labute approximate surface area is 203 Å². The van der Waals surface area contributed by atoms with Crippen molar-refractivity contribution in [2.75, 3.05) is 29.9 Å². The van der Waals surface area contributed by atoms with Gasteiger partial charge in [0, 0.05) is 31.5 Å². The average Bonchev–Trinajstić information content (AvgIpc) is 2.79. The molecule has 2 aromatic carbocycles. The third-order valence-electron chi connectivity index (χ3n) is 6.19. The predicted octanol–water partition coefficient (Wildman–Crippen LogP) is 6.78. The van der Waals surface area contributed by atoms with Gasteiger partial charge in [-0.15, -0.1) is 0 Å². The number of carbonyl (C=O) groups excluding carboxylic acids is 1. The van der Waals surface area contributed by atoms with Crippen LogP contribution in [0.3, 0.4) is 0 Å². The number of hydrogen-bond donors (Lipinski definition) is 0. The van der Waals surface area contributed by atoms with Gasteiger partial charge < -0.3 is 9.80 Å². The Morgan fingerprint density at radius 3 is 2.50 bits per heavy atom. The van der Waals surface area contributed by atoms with Gasteiger partial charge in [0.25, 0.3) is 0 Å². The Bertz CT molecular complexity index is 1070. The van der Waals surface area contributed by atoms with E-state index >= 15 is 0 Å². The molecule has 0 N–H and O–H groups in total. The maximum Gasteiger partial charge on any atom is 0.416 e. The van der Waals surface area contributed by atoms with E-state index in [1.165, 1.54) is 18.2 Å². The molecule has 1 aliphatic heterocycles. The van der Waals surface area contributed by atoms with Crippen LogP contribution in [0.2, 0.25) is 5.02 Å². The number of allylic oxidation sites excluding steroid dienone is 2. The molecule has 1 fully saturated rings. The van der Waals surface area contributed by atoms with Crippen molar-refractivity contribution in [1.82, 2.24) is 0 Å². The third-order valence-corrected chi connectivity index (χ3v) is 6.49. The van der Waals surface area contributed by atoms with Crippen molar-refractivity contribution in [3.05, 3.63) is 70.4 Å². The fourth-order valence-corrected chi connectivity index (χ4v) is 4.49. The van der Waals surface area contributed by atoms with Gasteiger partial charge >= 0.3 is 6.18 Å². The van der Waals surface area contributed by atoms with E-state index in [1.807, 2.05) is 37.1 Å². The van der Waals surface area contributed by atoms with Gasteiger partial charge in [-0.2, -0.15) is 13.2 Å². The first-order valence-electron chi connectivity index (χ1n) is 11.2. The second-order valence-electron chi connectivity index (χ2n) is 8.63. The van der Waals surface area contributed by atoms with Crippen LogP contribution in [0.1, 0.15) is 37.8 Å². The molecule has 4 nitrogen and oxygen atoms in total. The first kappa shape index (κ1) is 25.8. The highest BCUT2D eigenvalue weighted by atomic mass is 35.5. The van der Waals surface area contributed by atoms with Gasteiger partial charge in [-0.1, -0.05) is 29.8 Å². The van der Waals surface area contributed by atoms with Gasteiger partial charge in [0.15, 0.2) is 0 Å². The second kappa shape index (κ2) is 11.1. The smallest absolute Gasteiger partial charge is 0.370 e. The maximum absolute atomic E-state index is 13.0. The van der Waals surface area contributed by atoms with Crippen molar-refractivity contribution in [1.29, 1.82) is 0 Å². The molecule has 3 rings (SSSR count). The van der Waals surface area contributed by atoms with Crippen LogP contribution in [-0.2, 0) is 17.4 Å². The standard InChI is InChI=1S/C26H29ClF3N3O/c1-18(11-14-34)31-19(2)32(3)23-7-8-25(24(27)17-23)33-12-9-20(10-13-33)15-21-5-4-6-22(16-21)26(28,29)30/h4-8,11,14,16-17,20H,9-10,12-13,15H2,1-3H3/b18-11-,31-19-. The minimum Gasteiger partial charge on any atom is -0.370 e. The van der Waals surface area contributed by atoms with Crippen LogP contribution in [0.5, 0.6) is 0 Å². The molecule has 182 valence electrons. The lowest BCUT2D eigenvalue weighted by Gasteiger charge is -2.34. The molecule has 0 spiro atoms. The second-order valence-corrected chi connectivity index (χ2v) is 9.04. The molecule has 0 unspecified atom stereocenters. The monoisotopic (exact) mass is 491 g/mol. The fourth-order valence-electron chi connectivity index (χ4n) is 4.20. The van der Waals surface area contributed by atoms with Crippen LogP contribution < -0.4 is 9.80 Å². The molecule has 0 atom stereocenters. The number of aliphatic imine (C=N–C) groups is 1. The molecule has 1 saturated heterocycles. The zero-order valence-corrected chi connectivity index (χ0v) is 20.3. The zero-order valence-electron chi connectivity index (χ0n) is 19.6. The van der Waals surface area contributed by atoms with E-state index in [0.717, 1.165) is 54.8 Å². The van der Waals surface area contributed by atoms with Crippen LogP contribution in [0.15, 0.2) is 59.2 Å². The van der Waals surface area contributed by atoms with Crippen molar-refractivity contribution in [2.45, 2.75) is 39.3 Å². The number of alkyl halides is 3. The highest BCUT2D eigenvalue weighted by molar-refractivity contribution is 6.33. The van der Waals surface area contributed by atoms with Gasteiger partial charge in [0.2, 0.25) is 0 Å². The summed E-state index contributed by atoms with van der Waals surface area (Å²) in [6.07, 6.45) is 0.229. The summed E-state index contributed by atoms with van der Waals surface area (Å²) in [5.74, 6) is 1.07. The molecule has 34 heavy (non-hydrogen) atoms.